The fraction of sp³-hybridized carbons (Fsp3) is 0.308. The van der Waals surface area contributed by atoms with E-state index in [1.165, 1.54) is 19.3 Å². The molecule has 98 valence electrons. The minimum absolute atomic E-state index is 0.0335. The van der Waals surface area contributed by atoms with Crippen molar-refractivity contribution in [3.63, 3.8) is 0 Å². The first-order chi connectivity index (χ1) is 8.32. The van der Waals surface area contributed by atoms with Crippen LogP contribution in [-0.4, -0.2) is 13.1 Å². The van der Waals surface area contributed by atoms with Gasteiger partial charge in [-0.1, -0.05) is 18.2 Å². The van der Waals surface area contributed by atoms with Crippen LogP contribution in [0.3, 0.4) is 0 Å². The van der Waals surface area contributed by atoms with Crippen LogP contribution in [0.2, 0.25) is 0 Å². The maximum absolute atomic E-state index is 12.6. The zero-order valence-electron chi connectivity index (χ0n) is 10.0. The Balaban J connectivity index is 2.90. The van der Waals surface area contributed by atoms with Gasteiger partial charge in [0.05, 0.1) is 19.1 Å². The lowest BCUT2D eigenvalue weighted by atomic mass is 10.1. The average Bonchev–Trinajstić information content (AvgIpc) is 2.27. The summed E-state index contributed by atoms with van der Waals surface area (Å²) in [5.41, 5.74) is 0.231. The van der Waals surface area contributed by atoms with Gasteiger partial charge in [0, 0.05) is 0 Å². The van der Waals surface area contributed by atoms with Crippen molar-refractivity contribution >= 4 is 12.0 Å². The molecule has 18 heavy (non-hydrogen) atoms. The van der Waals surface area contributed by atoms with Crippen LogP contribution in [0.1, 0.15) is 23.1 Å². The van der Waals surface area contributed by atoms with Crippen LogP contribution in [-0.2, 0) is 15.7 Å². The molecular weight excluding hydrogens is 245 g/mol. The van der Waals surface area contributed by atoms with E-state index in [1.807, 2.05) is 0 Å². The fourth-order valence-corrected chi connectivity index (χ4v) is 1.45. The number of carbonyl (C=O) groups excluding carboxylic acids is 1. The van der Waals surface area contributed by atoms with Crippen molar-refractivity contribution in [2.75, 3.05) is 7.11 Å². The van der Waals surface area contributed by atoms with E-state index in [9.17, 15) is 18.0 Å². The Kier molecular flexibility index (Phi) is 4.53. The molecule has 0 saturated heterocycles. The lowest BCUT2D eigenvalue weighted by Gasteiger charge is -2.08. The first-order valence-electron chi connectivity index (χ1n) is 5.25. The van der Waals surface area contributed by atoms with Gasteiger partial charge < -0.3 is 4.74 Å². The van der Waals surface area contributed by atoms with E-state index in [4.69, 9.17) is 0 Å². The molecule has 2 nitrogen and oxygen atoms in total. The molecule has 0 radical (unpaired) electrons. The summed E-state index contributed by atoms with van der Waals surface area (Å²) in [4.78, 5) is 10.8. The number of hydrogen-bond acceptors (Lipinski definition) is 2. The van der Waals surface area contributed by atoms with E-state index in [0.29, 0.717) is 11.1 Å². The minimum Gasteiger partial charge on any atom is -0.469 e. The van der Waals surface area contributed by atoms with Crippen molar-refractivity contribution in [1.29, 1.82) is 0 Å². The highest BCUT2D eigenvalue weighted by molar-refractivity contribution is 5.72. The summed E-state index contributed by atoms with van der Waals surface area (Å²) in [5, 5.41) is 0. The zero-order valence-corrected chi connectivity index (χ0v) is 10.0. The van der Waals surface area contributed by atoms with Gasteiger partial charge in [0.1, 0.15) is 0 Å². The molecule has 1 aromatic rings. The van der Waals surface area contributed by atoms with Gasteiger partial charge in [-0.05, 0) is 30.2 Å². The largest absolute Gasteiger partial charge is 0.469 e. The Morgan fingerprint density at radius 1 is 1.33 bits per heavy atom. The molecule has 0 N–H and O–H groups in total. The number of alkyl halides is 3. The predicted molar refractivity (Wildman–Crippen MR) is 61.8 cm³/mol. The molecule has 0 unspecified atom stereocenters. The molecule has 0 aromatic heterocycles. The number of carbonyl (C=O) groups is 1. The third kappa shape index (κ3) is 4.24. The van der Waals surface area contributed by atoms with Crippen LogP contribution >= 0.6 is 0 Å². The van der Waals surface area contributed by atoms with Gasteiger partial charge in [0.2, 0.25) is 0 Å². The van der Waals surface area contributed by atoms with Crippen molar-refractivity contribution in [1.82, 2.24) is 0 Å². The van der Waals surface area contributed by atoms with E-state index in [1.54, 1.807) is 13.0 Å². The van der Waals surface area contributed by atoms with Crippen LogP contribution in [0.5, 0.6) is 0 Å². The molecule has 0 aliphatic heterocycles. The van der Waals surface area contributed by atoms with Crippen LogP contribution < -0.4 is 0 Å². The molecule has 0 amide bonds. The number of hydrogen-bond donors (Lipinski definition) is 0. The summed E-state index contributed by atoms with van der Waals surface area (Å²) >= 11 is 0. The molecule has 0 bridgehead atoms. The van der Waals surface area contributed by atoms with Crippen molar-refractivity contribution in [3.8, 4) is 0 Å². The second kappa shape index (κ2) is 5.71. The smallest absolute Gasteiger partial charge is 0.416 e. The molecule has 0 heterocycles. The van der Waals surface area contributed by atoms with Crippen molar-refractivity contribution < 1.29 is 22.7 Å². The quantitative estimate of drug-likeness (QED) is 0.774. The first kappa shape index (κ1) is 14.3. The van der Waals surface area contributed by atoms with Gasteiger partial charge in [-0.25, -0.2) is 0 Å². The second-order valence-electron chi connectivity index (χ2n) is 3.81. The third-order valence-electron chi connectivity index (χ3n) is 2.25. The van der Waals surface area contributed by atoms with Crippen molar-refractivity contribution in [2.45, 2.75) is 19.5 Å². The number of halogens is 3. The molecule has 5 heteroatoms. The molecular formula is C13H13F3O2. The number of rotatable bonds is 3. The summed E-state index contributed by atoms with van der Waals surface area (Å²) < 4.78 is 42.1. The van der Waals surface area contributed by atoms with Crippen molar-refractivity contribution in [3.05, 3.63) is 41.0 Å². The van der Waals surface area contributed by atoms with Gasteiger partial charge in [0.25, 0.3) is 0 Å². The Hall–Kier alpha value is -1.78. The van der Waals surface area contributed by atoms with E-state index in [0.717, 1.165) is 12.1 Å². The van der Waals surface area contributed by atoms with Gasteiger partial charge in [-0.3, -0.25) is 4.79 Å². The SMILES string of the molecule is COC(=O)CC=Cc1cc(C)cc(C(F)(F)F)c1. The van der Waals surface area contributed by atoms with Crippen LogP contribution in [0, 0.1) is 6.92 Å². The Bertz CT molecular complexity index is 462. The molecule has 0 atom stereocenters. The standard InChI is InChI=1S/C13H13F3O2/c1-9-6-10(4-3-5-12(17)18-2)8-11(7-9)13(14,15)16/h3-4,6-8H,5H2,1-2H3. The maximum Gasteiger partial charge on any atom is 0.416 e. The lowest BCUT2D eigenvalue weighted by molar-refractivity contribution is -0.139. The number of methoxy groups -OCH3 is 1. The molecule has 0 saturated carbocycles. The molecule has 0 aliphatic carbocycles. The van der Waals surface area contributed by atoms with E-state index >= 15 is 0 Å². The lowest BCUT2D eigenvalue weighted by Crippen LogP contribution is -2.05. The van der Waals surface area contributed by atoms with Gasteiger partial charge in [-0.15, -0.1) is 0 Å². The van der Waals surface area contributed by atoms with Crippen LogP contribution in [0.15, 0.2) is 24.3 Å². The maximum atomic E-state index is 12.6. The van der Waals surface area contributed by atoms with Crippen molar-refractivity contribution in [2.24, 2.45) is 0 Å². The normalized spacial score (nSPS) is 11.8. The summed E-state index contributed by atoms with van der Waals surface area (Å²) in [6.07, 6.45) is -1.39. The highest BCUT2D eigenvalue weighted by Crippen LogP contribution is 2.30. The number of esters is 1. The van der Waals surface area contributed by atoms with Crippen LogP contribution in [0.25, 0.3) is 6.08 Å². The van der Waals surface area contributed by atoms with E-state index in [-0.39, 0.29) is 6.42 Å². The first-order valence-corrected chi connectivity index (χ1v) is 5.25. The third-order valence-corrected chi connectivity index (χ3v) is 2.25. The van der Waals surface area contributed by atoms with Gasteiger partial charge in [-0.2, -0.15) is 13.2 Å². The molecule has 1 rings (SSSR count). The van der Waals surface area contributed by atoms with E-state index < -0.39 is 17.7 Å². The van der Waals surface area contributed by atoms with E-state index in [2.05, 4.69) is 4.74 Å². The molecule has 0 spiro atoms. The molecule has 0 fully saturated rings. The predicted octanol–water partition coefficient (Wildman–Crippen LogP) is 3.59. The number of aryl methyl sites for hydroxylation is 1. The topological polar surface area (TPSA) is 26.3 Å². The Labute approximate surface area is 103 Å². The number of benzene rings is 1. The summed E-state index contributed by atoms with van der Waals surface area (Å²) in [7, 11) is 1.25. The van der Waals surface area contributed by atoms with Crippen LogP contribution in [0.4, 0.5) is 13.2 Å². The zero-order chi connectivity index (χ0) is 13.8. The van der Waals surface area contributed by atoms with Gasteiger partial charge in [0.15, 0.2) is 0 Å². The fourth-order valence-electron chi connectivity index (χ4n) is 1.45. The van der Waals surface area contributed by atoms with Gasteiger partial charge >= 0.3 is 12.1 Å². The summed E-state index contributed by atoms with van der Waals surface area (Å²) in [6, 6.07) is 3.74. The Morgan fingerprint density at radius 2 is 2.00 bits per heavy atom. The summed E-state index contributed by atoms with van der Waals surface area (Å²) in [6.45, 7) is 1.59. The summed E-state index contributed by atoms with van der Waals surface area (Å²) in [5.74, 6) is -0.435. The highest BCUT2D eigenvalue weighted by Gasteiger charge is 2.30. The molecule has 1 aromatic carbocycles. The average molecular weight is 258 g/mol. The molecule has 0 aliphatic rings. The minimum atomic E-state index is -4.36. The Morgan fingerprint density at radius 3 is 2.56 bits per heavy atom. The number of ether oxygens (including phenoxy) is 1. The highest BCUT2D eigenvalue weighted by atomic mass is 19.4. The second-order valence-corrected chi connectivity index (χ2v) is 3.81. The monoisotopic (exact) mass is 258 g/mol.